The SMILES string of the molecule is CCOC(=O)c1cc2c(nc(C)n2C)c(O)c1C(CC=O)c1ccccc1. The van der Waals surface area contributed by atoms with E-state index in [-0.39, 0.29) is 24.3 Å². The lowest BCUT2D eigenvalue weighted by Gasteiger charge is -2.20. The van der Waals surface area contributed by atoms with Crippen LogP contribution >= 0.6 is 0 Å². The molecule has 1 aromatic heterocycles. The lowest BCUT2D eigenvalue weighted by atomic mass is 9.85. The van der Waals surface area contributed by atoms with Gasteiger partial charge in [0.2, 0.25) is 0 Å². The van der Waals surface area contributed by atoms with Gasteiger partial charge in [-0.15, -0.1) is 0 Å². The second-order valence-corrected chi connectivity index (χ2v) is 6.36. The number of hydrogen-bond acceptors (Lipinski definition) is 5. The Balaban J connectivity index is 2.34. The molecule has 6 heteroatoms. The Labute approximate surface area is 157 Å². The van der Waals surface area contributed by atoms with E-state index in [9.17, 15) is 14.7 Å². The van der Waals surface area contributed by atoms with E-state index < -0.39 is 11.9 Å². The summed E-state index contributed by atoms with van der Waals surface area (Å²) in [7, 11) is 1.82. The third-order valence-electron chi connectivity index (χ3n) is 4.79. The largest absolute Gasteiger partial charge is 0.505 e. The maximum absolute atomic E-state index is 12.7. The van der Waals surface area contributed by atoms with Gasteiger partial charge in [-0.25, -0.2) is 9.78 Å². The first-order valence-electron chi connectivity index (χ1n) is 8.84. The highest BCUT2D eigenvalue weighted by molar-refractivity contribution is 5.99. The molecule has 0 amide bonds. The molecule has 3 aromatic rings. The number of aromatic nitrogens is 2. The summed E-state index contributed by atoms with van der Waals surface area (Å²) in [6.07, 6.45) is 0.918. The third kappa shape index (κ3) is 3.30. The van der Waals surface area contributed by atoms with Gasteiger partial charge in [-0.3, -0.25) is 0 Å². The summed E-state index contributed by atoms with van der Waals surface area (Å²) in [4.78, 5) is 28.5. The monoisotopic (exact) mass is 366 g/mol. The number of carbonyl (C=O) groups excluding carboxylic acids is 2. The maximum atomic E-state index is 12.7. The van der Waals surface area contributed by atoms with E-state index in [1.807, 2.05) is 44.3 Å². The van der Waals surface area contributed by atoms with Crippen LogP contribution in [0.5, 0.6) is 5.75 Å². The Hall–Kier alpha value is -3.15. The molecule has 0 aliphatic heterocycles. The standard InChI is InChI=1S/C21H22N2O4/c1-4-27-21(26)16-12-17-19(22-13(2)23(17)3)20(25)18(16)15(10-11-24)14-8-6-5-7-9-14/h5-9,11-12,15,25H,4,10H2,1-3H3. The summed E-state index contributed by atoms with van der Waals surface area (Å²) in [5.41, 5.74) is 2.50. The van der Waals surface area contributed by atoms with E-state index in [0.717, 1.165) is 11.8 Å². The third-order valence-corrected chi connectivity index (χ3v) is 4.79. The summed E-state index contributed by atoms with van der Waals surface area (Å²) in [6, 6.07) is 11.0. The van der Waals surface area contributed by atoms with Gasteiger partial charge in [0.25, 0.3) is 0 Å². The number of aldehydes is 1. The number of hydrogen-bond donors (Lipinski definition) is 1. The minimum Gasteiger partial charge on any atom is -0.505 e. The number of esters is 1. The lowest BCUT2D eigenvalue weighted by molar-refractivity contribution is -0.108. The molecule has 3 rings (SSSR count). The molecule has 6 nitrogen and oxygen atoms in total. The molecule has 1 unspecified atom stereocenters. The molecule has 1 atom stereocenters. The van der Waals surface area contributed by atoms with Gasteiger partial charge < -0.3 is 19.2 Å². The van der Waals surface area contributed by atoms with E-state index in [1.165, 1.54) is 0 Å². The second-order valence-electron chi connectivity index (χ2n) is 6.36. The number of ether oxygens (including phenoxy) is 1. The molecule has 0 fully saturated rings. The topological polar surface area (TPSA) is 81.4 Å². The Bertz CT molecular complexity index is 993. The number of phenolic OH excluding ortho intramolecular Hbond substituents is 1. The molecule has 0 spiro atoms. The lowest BCUT2D eigenvalue weighted by Crippen LogP contribution is -2.13. The fourth-order valence-electron chi connectivity index (χ4n) is 3.37. The van der Waals surface area contributed by atoms with Gasteiger partial charge >= 0.3 is 5.97 Å². The van der Waals surface area contributed by atoms with Crippen molar-refractivity contribution < 1.29 is 19.4 Å². The summed E-state index contributed by atoms with van der Waals surface area (Å²) in [5, 5.41) is 11.0. The van der Waals surface area contributed by atoms with Gasteiger partial charge in [0, 0.05) is 24.9 Å². The van der Waals surface area contributed by atoms with Crippen LogP contribution in [-0.4, -0.2) is 33.5 Å². The van der Waals surface area contributed by atoms with Crippen molar-refractivity contribution in [2.75, 3.05) is 6.61 Å². The maximum Gasteiger partial charge on any atom is 0.338 e. The van der Waals surface area contributed by atoms with E-state index in [1.54, 1.807) is 17.6 Å². The summed E-state index contributed by atoms with van der Waals surface area (Å²) < 4.78 is 7.02. The highest BCUT2D eigenvalue weighted by atomic mass is 16.5. The van der Waals surface area contributed by atoms with Crippen LogP contribution in [0.15, 0.2) is 36.4 Å². The van der Waals surface area contributed by atoms with Crippen molar-refractivity contribution in [2.24, 2.45) is 7.05 Å². The molecule has 0 saturated heterocycles. The molecule has 1 heterocycles. The molecule has 1 N–H and O–H groups in total. The molecule has 140 valence electrons. The first-order valence-corrected chi connectivity index (χ1v) is 8.84. The number of carbonyl (C=O) groups is 2. The number of phenols is 1. The van der Waals surface area contributed by atoms with Gasteiger partial charge in [-0.05, 0) is 25.5 Å². The summed E-state index contributed by atoms with van der Waals surface area (Å²) in [5.74, 6) is -0.390. The van der Waals surface area contributed by atoms with Crippen LogP contribution in [0.2, 0.25) is 0 Å². The van der Waals surface area contributed by atoms with E-state index in [4.69, 9.17) is 4.74 Å². The fourth-order valence-corrected chi connectivity index (χ4v) is 3.37. The van der Waals surface area contributed by atoms with Crippen LogP contribution in [0.1, 0.15) is 46.6 Å². The number of imidazole rings is 1. The van der Waals surface area contributed by atoms with Gasteiger partial charge in [0.1, 0.15) is 23.4 Å². The van der Waals surface area contributed by atoms with Crippen LogP contribution in [0, 0.1) is 6.92 Å². The normalized spacial score (nSPS) is 12.1. The molecular formula is C21H22N2O4. The van der Waals surface area contributed by atoms with Gasteiger partial charge in [-0.1, -0.05) is 30.3 Å². The highest BCUT2D eigenvalue weighted by Crippen LogP contribution is 2.40. The van der Waals surface area contributed by atoms with Crippen molar-refractivity contribution in [2.45, 2.75) is 26.2 Å². The minimum atomic E-state index is -0.532. The fraction of sp³-hybridized carbons (Fsp3) is 0.286. The number of aryl methyl sites for hydroxylation is 2. The Morgan fingerprint density at radius 2 is 2.04 bits per heavy atom. The average molecular weight is 366 g/mol. The molecule has 0 radical (unpaired) electrons. The van der Waals surface area contributed by atoms with E-state index in [0.29, 0.717) is 22.4 Å². The van der Waals surface area contributed by atoms with Crippen molar-refractivity contribution in [1.82, 2.24) is 9.55 Å². The van der Waals surface area contributed by atoms with Crippen molar-refractivity contribution in [1.29, 1.82) is 0 Å². The number of nitrogens with zero attached hydrogens (tertiary/aromatic N) is 2. The molecule has 0 saturated carbocycles. The van der Waals surface area contributed by atoms with Crippen molar-refractivity contribution in [3.8, 4) is 5.75 Å². The zero-order chi connectivity index (χ0) is 19.6. The molecule has 0 aliphatic rings. The zero-order valence-corrected chi connectivity index (χ0v) is 15.6. The van der Waals surface area contributed by atoms with Crippen molar-refractivity contribution in [3.05, 3.63) is 58.9 Å². The Kier molecular flexibility index (Phi) is 5.26. The second kappa shape index (κ2) is 7.61. The minimum absolute atomic E-state index is 0.0880. The number of fused-ring (bicyclic) bond motifs is 1. The predicted molar refractivity (Wildman–Crippen MR) is 102 cm³/mol. The van der Waals surface area contributed by atoms with Gasteiger partial charge in [0.15, 0.2) is 0 Å². The molecule has 2 aromatic carbocycles. The van der Waals surface area contributed by atoms with Crippen LogP contribution in [0.4, 0.5) is 0 Å². The van der Waals surface area contributed by atoms with Gasteiger partial charge in [0.05, 0.1) is 17.7 Å². The number of rotatable bonds is 6. The zero-order valence-electron chi connectivity index (χ0n) is 15.6. The molecule has 0 aliphatic carbocycles. The van der Waals surface area contributed by atoms with Crippen molar-refractivity contribution >= 4 is 23.3 Å². The Morgan fingerprint density at radius 1 is 1.33 bits per heavy atom. The Morgan fingerprint density at radius 3 is 2.67 bits per heavy atom. The van der Waals surface area contributed by atoms with Gasteiger partial charge in [-0.2, -0.15) is 0 Å². The van der Waals surface area contributed by atoms with Crippen LogP contribution in [0.3, 0.4) is 0 Å². The smallest absolute Gasteiger partial charge is 0.338 e. The van der Waals surface area contributed by atoms with Crippen LogP contribution in [-0.2, 0) is 16.6 Å². The molecule has 27 heavy (non-hydrogen) atoms. The van der Waals surface area contributed by atoms with Crippen LogP contribution < -0.4 is 0 Å². The summed E-state index contributed by atoms with van der Waals surface area (Å²) in [6.45, 7) is 3.76. The van der Waals surface area contributed by atoms with Crippen LogP contribution in [0.25, 0.3) is 11.0 Å². The average Bonchev–Trinajstić information content (AvgIpc) is 2.96. The predicted octanol–water partition coefficient (Wildman–Crippen LogP) is 3.48. The highest BCUT2D eigenvalue weighted by Gasteiger charge is 2.28. The summed E-state index contributed by atoms with van der Waals surface area (Å²) >= 11 is 0. The first-order chi connectivity index (χ1) is 13.0. The quantitative estimate of drug-likeness (QED) is 0.533. The molecular weight excluding hydrogens is 344 g/mol. The first kappa shape index (κ1) is 18.6. The van der Waals surface area contributed by atoms with E-state index >= 15 is 0 Å². The van der Waals surface area contributed by atoms with Crippen molar-refractivity contribution in [3.63, 3.8) is 0 Å². The number of benzene rings is 2. The molecule has 0 bridgehead atoms. The number of aromatic hydroxyl groups is 1. The van der Waals surface area contributed by atoms with E-state index in [2.05, 4.69) is 4.98 Å².